The number of nitrogens with zero attached hydrogens (tertiary/aromatic N) is 2. The first-order valence-electron chi connectivity index (χ1n) is 9.86. The van der Waals surface area contributed by atoms with Crippen molar-refractivity contribution in [3.63, 3.8) is 0 Å². The van der Waals surface area contributed by atoms with Crippen LogP contribution < -0.4 is 4.90 Å². The molecule has 0 bridgehead atoms. The number of piperazine rings is 1. The first-order chi connectivity index (χ1) is 13.2. The van der Waals surface area contributed by atoms with Crippen LogP contribution in [-0.4, -0.2) is 54.8 Å². The van der Waals surface area contributed by atoms with E-state index in [0.29, 0.717) is 32.6 Å². The van der Waals surface area contributed by atoms with Crippen molar-refractivity contribution < 1.29 is 23.5 Å². The van der Waals surface area contributed by atoms with Gasteiger partial charge >= 0.3 is 5.97 Å². The van der Waals surface area contributed by atoms with E-state index in [0.717, 1.165) is 5.69 Å². The second-order valence-electron chi connectivity index (χ2n) is 8.38. The molecule has 1 amide bonds. The summed E-state index contributed by atoms with van der Waals surface area (Å²) in [6.45, 7) is 9.84. The lowest BCUT2D eigenvalue weighted by molar-refractivity contribution is -0.163. The van der Waals surface area contributed by atoms with E-state index in [4.69, 9.17) is 9.47 Å². The fourth-order valence-corrected chi connectivity index (χ4v) is 3.86. The van der Waals surface area contributed by atoms with Gasteiger partial charge in [0.2, 0.25) is 11.7 Å². The van der Waals surface area contributed by atoms with Crippen molar-refractivity contribution in [3.8, 4) is 0 Å². The molecule has 2 saturated heterocycles. The van der Waals surface area contributed by atoms with E-state index in [-0.39, 0.29) is 17.6 Å². The van der Waals surface area contributed by atoms with Gasteiger partial charge in [0.25, 0.3) is 0 Å². The van der Waals surface area contributed by atoms with Gasteiger partial charge < -0.3 is 19.3 Å². The van der Waals surface area contributed by atoms with Crippen LogP contribution in [0.15, 0.2) is 24.3 Å². The number of cyclic esters (lactones) is 1. The second kappa shape index (κ2) is 8.07. The summed E-state index contributed by atoms with van der Waals surface area (Å²) < 4.78 is 24.2. The fourth-order valence-electron chi connectivity index (χ4n) is 3.86. The van der Waals surface area contributed by atoms with Gasteiger partial charge in [0.1, 0.15) is 5.82 Å². The molecule has 2 heterocycles. The van der Waals surface area contributed by atoms with E-state index >= 15 is 0 Å². The predicted molar refractivity (Wildman–Crippen MR) is 103 cm³/mol. The highest BCUT2D eigenvalue weighted by Crippen LogP contribution is 2.32. The molecule has 3 rings (SSSR count). The molecule has 0 N–H and O–H groups in total. The maximum atomic E-state index is 13.2. The smallest absolute Gasteiger partial charge is 0.338 e. The van der Waals surface area contributed by atoms with Crippen LogP contribution in [0.5, 0.6) is 0 Å². The highest BCUT2D eigenvalue weighted by atomic mass is 19.1. The van der Waals surface area contributed by atoms with E-state index in [1.54, 1.807) is 30.9 Å². The molecule has 2 fully saturated rings. The van der Waals surface area contributed by atoms with Crippen molar-refractivity contribution in [2.24, 2.45) is 11.8 Å². The maximum absolute atomic E-state index is 13.2. The number of amides is 1. The van der Waals surface area contributed by atoms with Crippen molar-refractivity contribution in [2.75, 3.05) is 31.1 Å². The van der Waals surface area contributed by atoms with E-state index in [9.17, 15) is 14.0 Å². The molecular formula is C21H29FN2O4. The molecule has 0 radical (unpaired) electrons. The van der Waals surface area contributed by atoms with Gasteiger partial charge in [-0.05, 0) is 36.6 Å². The average molecular weight is 392 g/mol. The Kier molecular flexibility index (Phi) is 5.93. The van der Waals surface area contributed by atoms with Crippen molar-refractivity contribution in [2.45, 2.75) is 46.0 Å². The zero-order chi connectivity index (χ0) is 20.5. The summed E-state index contributed by atoms with van der Waals surface area (Å²) in [5, 5.41) is 0. The van der Waals surface area contributed by atoms with Crippen LogP contribution in [0.3, 0.4) is 0 Å². The summed E-state index contributed by atoms with van der Waals surface area (Å²) in [7, 11) is 0. The minimum atomic E-state index is -1.00. The molecule has 2 aliphatic rings. The van der Waals surface area contributed by atoms with Gasteiger partial charge in [0, 0.05) is 45.7 Å². The Bertz CT molecular complexity index is 712. The van der Waals surface area contributed by atoms with Crippen molar-refractivity contribution in [1.29, 1.82) is 0 Å². The monoisotopic (exact) mass is 392 g/mol. The highest BCUT2D eigenvalue weighted by Gasteiger charge is 2.48. The summed E-state index contributed by atoms with van der Waals surface area (Å²) in [5.74, 6) is -2.10. The number of hydrogen-bond donors (Lipinski definition) is 0. The van der Waals surface area contributed by atoms with Crippen molar-refractivity contribution in [1.82, 2.24) is 4.90 Å². The summed E-state index contributed by atoms with van der Waals surface area (Å²) in [5.41, 5.74) is 0.941. The summed E-state index contributed by atoms with van der Waals surface area (Å²) in [4.78, 5) is 29.5. The molecule has 2 aliphatic heterocycles. The molecular weight excluding hydrogens is 363 g/mol. The number of anilines is 1. The number of esters is 1. The van der Waals surface area contributed by atoms with Crippen molar-refractivity contribution >= 4 is 17.6 Å². The third kappa shape index (κ3) is 4.63. The van der Waals surface area contributed by atoms with Crippen LogP contribution in [-0.2, 0) is 19.1 Å². The fraction of sp³-hybridized carbons (Fsp3) is 0.619. The van der Waals surface area contributed by atoms with Crippen LogP contribution in [0.25, 0.3) is 0 Å². The third-order valence-electron chi connectivity index (χ3n) is 5.18. The van der Waals surface area contributed by atoms with E-state index in [1.165, 1.54) is 12.1 Å². The summed E-state index contributed by atoms with van der Waals surface area (Å²) >= 11 is 0. The minimum absolute atomic E-state index is 0.0629. The van der Waals surface area contributed by atoms with Crippen LogP contribution >= 0.6 is 0 Å². The summed E-state index contributed by atoms with van der Waals surface area (Å²) in [6.07, 6.45) is -0.299. The van der Waals surface area contributed by atoms with Crippen LogP contribution in [0, 0.1) is 17.7 Å². The number of ether oxygens (including phenoxy) is 2. The molecule has 0 aliphatic carbocycles. The highest BCUT2D eigenvalue weighted by molar-refractivity contribution is 5.88. The number of rotatable bonds is 5. The first kappa shape index (κ1) is 20.6. The SMILES string of the molecule is CC(C)C[C@H](C(=O)N1CCN(c2ccc(F)cc2)CC1)C1OC(C)(C)OC1=O. The molecule has 1 unspecified atom stereocenters. The van der Waals surface area contributed by atoms with Gasteiger partial charge in [-0.3, -0.25) is 4.79 Å². The number of carbonyl (C=O) groups is 2. The minimum Gasteiger partial charge on any atom is -0.432 e. The Hall–Kier alpha value is -2.15. The number of halogens is 1. The maximum Gasteiger partial charge on any atom is 0.338 e. The van der Waals surface area contributed by atoms with E-state index < -0.39 is 23.8 Å². The molecule has 1 aromatic rings. The Labute approximate surface area is 165 Å². The van der Waals surface area contributed by atoms with Crippen molar-refractivity contribution in [3.05, 3.63) is 30.1 Å². The molecule has 2 atom stereocenters. The lowest BCUT2D eigenvalue weighted by Crippen LogP contribution is -2.52. The first-order valence-corrected chi connectivity index (χ1v) is 9.86. The lowest BCUT2D eigenvalue weighted by Gasteiger charge is -2.38. The quantitative estimate of drug-likeness (QED) is 0.721. The average Bonchev–Trinajstić information content (AvgIpc) is 2.92. The number of hydrogen-bond acceptors (Lipinski definition) is 5. The topological polar surface area (TPSA) is 59.1 Å². The Balaban J connectivity index is 1.67. The zero-order valence-corrected chi connectivity index (χ0v) is 17.0. The standard InChI is InChI=1S/C21H29FN2O4/c1-14(2)13-17(18-20(26)28-21(3,4)27-18)19(25)24-11-9-23(10-12-24)16-7-5-15(22)6-8-16/h5-8,14,17-18H,9-13H2,1-4H3/t17-,18?/m0/s1. The van der Waals surface area contributed by atoms with Crippen LogP contribution in [0.4, 0.5) is 10.1 Å². The molecule has 154 valence electrons. The van der Waals surface area contributed by atoms with Gasteiger partial charge in [0.15, 0.2) is 6.10 Å². The molecule has 7 heteroatoms. The van der Waals surface area contributed by atoms with Crippen LogP contribution in [0.2, 0.25) is 0 Å². The normalized spacial score (nSPS) is 23.1. The van der Waals surface area contributed by atoms with Crippen LogP contribution in [0.1, 0.15) is 34.1 Å². The van der Waals surface area contributed by atoms with E-state index in [2.05, 4.69) is 4.90 Å². The molecule has 28 heavy (non-hydrogen) atoms. The molecule has 0 saturated carbocycles. The predicted octanol–water partition coefficient (Wildman–Crippen LogP) is 2.81. The number of benzene rings is 1. The second-order valence-corrected chi connectivity index (χ2v) is 8.38. The van der Waals surface area contributed by atoms with Gasteiger partial charge in [-0.25, -0.2) is 9.18 Å². The third-order valence-corrected chi connectivity index (χ3v) is 5.18. The van der Waals surface area contributed by atoms with Gasteiger partial charge in [-0.2, -0.15) is 0 Å². The molecule has 0 aromatic heterocycles. The largest absolute Gasteiger partial charge is 0.432 e. The number of carbonyl (C=O) groups excluding carboxylic acids is 2. The molecule has 1 aromatic carbocycles. The Morgan fingerprint density at radius 1 is 1.18 bits per heavy atom. The molecule has 0 spiro atoms. The van der Waals surface area contributed by atoms with Gasteiger partial charge in [-0.15, -0.1) is 0 Å². The lowest BCUT2D eigenvalue weighted by atomic mass is 9.90. The summed E-state index contributed by atoms with van der Waals surface area (Å²) in [6, 6.07) is 6.38. The zero-order valence-electron chi connectivity index (χ0n) is 17.0. The van der Waals surface area contributed by atoms with E-state index in [1.807, 2.05) is 13.8 Å². The van der Waals surface area contributed by atoms with Gasteiger partial charge in [0.05, 0.1) is 5.92 Å². The van der Waals surface area contributed by atoms with Gasteiger partial charge in [-0.1, -0.05) is 13.8 Å². The Morgan fingerprint density at radius 3 is 2.29 bits per heavy atom. The Morgan fingerprint density at radius 2 is 1.79 bits per heavy atom. The molecule has 6 nitrogen and oxygen atoms in total.